The van der Waals surface area contributed by atoms with Crippen LogP contribution in [0.1, 0.15) is 18.4 Å². The largest absolute Gasteiger partial charge is 0.465 e. The molecule has 2 N–H and O–H groups in total. The molecule has 2 aliphatic heterocycles. The van der Waals surface area contributed by atoms with E-state index in [0.29, 0.717) is 25.9 Å². The molecule has 19 heavy (non-hydrogen) atoms. The van der Waals surface area contributed by atoms with E-state index < -0.39 is 6.09 Å². The maximum atomic E-state index is 10.9. The van der Waals surface area contributed by atoms with Gasteiger partial charge in [-0.2, -0.15) is 0 Å². The number of piperidine rings is 1. The van der Waals surface area contributed by atoms with Gasteiger partial charge in [-0.25, -0.2) is 4.79 Å². The molecule has 1 amide bonds. The number of rotatable bonds is 1. The summed E-state index contributed by atoms with van der Waals surface area (Å²) in [4.78, 5) is 18.0. The van der Waals surface area contributed by atoms with Crippen LogP contribution in [0.25, 0.3) is 5.70 Å². The first-order valence-corrected chi connectivity index (χ1v) is 6.39. The Morgan fingerprint density at radius 1 is 1.26 bits per heavy atom. The second-order valence-corrected chi connectivity index (χ2v) is 4.96. The topological polar surface area (TPSA) is 61.8 Å². The molecule has 100 valence electrons. The molecular formula is C14H16N2O3. The normalized spacial score (nSPS) is 21.1. The minimum Gasteiger partial charge on any atom is -0.465 e. The standard InChI is InChI=1S/C14H16N2O3/c17-13(18)16-8-6-14(7-9-16)10-12(15-19-14)11-4-2-1-3-5-11/h1-5,10,15H,6-9H2,(H,17,18). The molecule has 1 aromatic carbocycles. The highest BCUT2D eigenvalue weighted by Gasteiger charge is 2.39. The maximum Gasteiger partial charge on any atom is 0.407 e. The van der Waals surface area contributed by atoms with Crippen LogP contribution in [-0.2, 0) is 4.84 Å². The predicted octanol–water partition coefficient (Wildman–Crippen LogP) is 2.07. The smallest absolute Gasteiger partial charge is 0.407 e. The SMILES string of the molecule is O=C(O)N1CCC2(C=C(c3ccccc3)NO2)CC1. The van der Waals surface area contributed by atoms with Crippen LogP contribution in [-0.4, -0.2) is 34.8 Å². The van der Waals surface area contributed by atoms with Gasteiger partial charge in [-0.3, -0.25) is 10.3 Å². The minimum absolute atomic E-state index is 0.364. The van der Waals surface area contributed by atoms with Gasteiger partial charge in [0.25, 0.3) is 0 Å². The lowest BCUT2D eigenvalue weighted by molar-refractivity contribution is -0.0659. The number of nitrogens with zero attached hydrogens (tertiary/aromatic N) is 1. The first kappa shape index (κ1) is 12.0. The third-order valence-electron chi connectivity index (χ3n) is 3.74. The summed E-state index contributed by atoms with van der Waals surface area (Å²) in [6.07, 6.45) is 2.60. The minimum atomic E-state index is -0.854. The Morgan fingerprint density at radius 3 is 2.58 bits per heavy atom. The number of nitrogens with one attached hydrogen (secondary N) is 1. The second-order valence-electron chi connectivity index (χ2n) is 4.96. The zero-order valence-corrected chi connectivity index (χ0v) is 10.5. The molecule has 1 saturated heterocycles. The van der Waals surface area contributed by atoms with E-state index in [-0.39, 0.29) is 5.60 Å². The highest BCUT2D eigenvalue weighted by molar-refractivity contribution is 5.67. The van der Waals surface area contributed by atoms with Gasteiger partial charge in [0.05, 0.1) is 5.70 Å². The van der Waals surface area contributed by atoms with Crippen molar-refractivity contribution in [2.45, 2.75) is 18.4 Å². The van der Waals surface area contributed by atoms with Gasteiger partial charge in [-0.15, -0.1) is 0 Å². The molecule has 0 atom stereocenters. The van der Waals surface area contributed by atoms with E-state index in [1.54, 1.807) is 0 Å². The van der Waals surface area contributed by atoms with E-state index in [1.165, 1.54) is 4.90 Å². The Kier molecular flexibility index (Phi) is 2.91. The summed E-state index contributed by atoms with van der Waals surface area (Å²) in [6.45, 7) is 1.02. The number of benzene rings is 1. The number of amides is 1. The summed E-state index contributed by atoms with van der Waals surface area (Å²) in [6, 6.07) is 9.98. The fourth-order valence-electron chi connectivity index (χ4n) is 2.56. The zero-order chi connectivity index (χ0) is 13.3. The number of likely N-dealkylation sites (tertiary alicyclic amines) is 1. The van der Waals surface area contributed by atoms with Crippen molar-refractivity contribution in [3.63, 3.8) is 0 Å². The lowest BCUT2D eigenvalue weighted by Crippen LogP contribution is -2.46. The summed E-state index contributed by atoms with van der Waals surface area (Å²) in [5.74, 6) is 0. The van der Waals surface area contributed by atoms with Gasteiger partial charge in [-0.05, 0) is 11.6 Å². The number of carbonyl (C=O) groups is 1. The van der Waals surface area contributed by atoms with E-state index >= 15 is 0 Å². The van der Waals surface area contributed by atoms with Crippen molar-refractivity contribution in [1.29, 1.82) is 0 Å². The Balaban J connectivity index is 1.75. The summed E-state index contributed by atoms with van der Waals surface area (Å²) in [5, 5.41) is 8.95. The fraction of sp³-hybridized carbons (Fsp3) is 0.357. The van der Waals surface area contributed by atoms with Gasteiger partial charge >= 0.3 is 6.09 Å². The molecule has 3 rings (SSSR count). The van der Waals surface area contributed by atoms with Crippen molar-refractivity contribution in [1.82, 2.24) is 10.4 Å². The van der Waals surface area contributed by atoms with Gasteiger partial charge in [0.1, 0.15) is 5.60 Å². The third-order valence-corrected chi connectivity index (χ3v) is 3.74. The molecule has 1 aromatic rings. The Morgan fingerprint density at radius 2 is 1.95 bits per heavy atom. The fourth-order valence-corrected chi connectivity index (χ4v) is 2.56. The average molecular weight is 260 g/mol. The Bertz CT molecular complexity index is 505. The van der Waals surface area contributed by atoms with Gasteiger partial charge in [0.2, 0.25) is 0 Å². The highest BCUT2D eigenvalue weighted by atomic mass is 16.7. The van der Waals surface area contributed by atoms with Gasteiger partial charge in [0.15, 0.2) is 0 Å². The van der Waals surface area contributed by atoms with Gasteiger partial charge < -0.3 is 10.0 Å². The van der Waals surface area contributed by atoms with Gasteiger partial charge in [-0.1, -0.05) is 30.3 Å². The Hall–Kier alpha value is -2.01. The molecule has 5 heteroatoms. The number of hydrogen-bond donors (Lipinski definition) is 2. The predicted molar refractivity (Wildman–Crippen MR) is 70.2 cm³/mol. The second kappa shape index (κ2) is 4.59. The van der Waals surface area contributed by atoms with E-state index in [4.69, 9.17) is 9.94 Å². The van der Waals surface area contributed by atoms with E-state index in [1.807, 2.05) is 30.3 Å². The maximum absolute atomic E-state index is 10.9. The summed E-state index contributed by atoms with van der Waals surface area (Å²) < 4.78 is 0. The van der Waals surface area contributed by atoms with Crippen LogP contribution in [0.2, 0.25) is 0 Å². The van der Waals surface area contributed by atoms with Crippen LogP contribution >= 0.6 is 0 Å². The molecule has 0 unspecified atom stereocenters. The van der Waals surface area contributed by atoms with E-state index in [2.05, 4.69) is 11.6 Å². The molecule has 0 aromatic heterocycles. The molecule has 2 heterocycles. The molecule has 0 saturated carbocycles. The van der Waals surface area contributed by atoms with Crippen molar-refractivity contribution in [3.8, 4) is 0 Å². The quantitative estimate of drug-likeness (QED) is 0.811. The molecule has 0 aliphatic carbocycles. The molecule has 0 bridgehead atoms. The number of hydrogen-bond acceptors (Lipinski definition) is 3. The lowest BCUT2D eigenvalue weighted by Gasteiger charge is -2.35. The van der Waals surface area contributed by atoms with Crippen LogP contribution in [0.4, 0.5) is 4.79 Å². The summed E-state index contributed by atoms with van der Waals surface area (Å²) in [5.41, 5.74) is 4.65. The van der Waals surface area contributed by atoms with Gasteiger partial charge in [0, 0.05) is 25.9 Å². The average Bonchev–Trinajstić information content (AvgIpc) is 2.84. The van der Waals surface area contributed by atoms with Crippen molar-refractivity contribution in [2.24, 2.45) is 0 Å². The first-order valence-electron chi connectivity index (χ1n) is 6.39. The monoisotopic (exact) mass is 260 g/mol. The molecular weight excluding hydrogens is 244 g/mol. The number of hydroxylamine groups is 1. The lowest BCUT2D eigenvalue weighted by atomic mass is 9.90. The van der Waals surface area contributed by atoms with Crippen LogP contribution in [0.5, 0.6) is 0 Å². The summed E-state index contributed by atoms with van der Waals surface area (Å²) in [7, 11) is 0. The molecule has 1 spiro atoms. The van der Waals surface area contributed by atoms with Crippen LogP contribution in [0, 0.1) is 0 Å². The van der Waals surface area contributed by atoms with Crippen LogP contribution in [0.3, 0.4) is 0 Å². The molecule has 2 aliphatic rings. The van der Waals surface area contributed by atoms with Crippen LogP contribution < -0.4 is 5.48 Å². The molecule has 1 fully saturated rings. The first-order chi connectivity index (χ1) is 9.19. The van der Waals surface area contributed by atoms with Crippen molar-refractivity contribution in [2.75, 3.05) is 13.1 Å². The third kappa shape index (κ3) is 2.29. The Labute approximate surface area is 111 Å². The molecule has 5 nitrogen and oxygen atoms in total. The van der Waals surface area contributed by atoms with Crippen molar-refractivity contribution in [3.05, 3.63) is 42.0 Å². The number of carboxylic acid groups (broad SMARTS) is 1. The van der Waals surface area contributed by atoms with Crippen molar-refractivity contribution < 1.29 is 14.7 Å². The zero-order valence-electron chi connectivity index (χ0n) is 10.5. The summed E-state index contributed by atoms with van der Waals surface area (Å²) >= 11 is 0. The van der Waals surface area contributed by atoms with Crippen molar-refractivity contribution >= 4 is 11.8 Å². The van der Waals surface area contributed by atoms with E-state index in [0.717, 1.165) is 11.3 Å². The van der Waals surface area contributed by atoms with E-state index in [9.17, 15) is 4.79 Å². The molecule has 0 radical (unpaired) electrons. The highest BCUT2D eigenvalue weighted by Crippen LogP contribution is 2.34. The van der Waals surface area contributed by atoms with Crippen LogP contribution in [0.15, 0.2) is 36.4 Å².